The van der Waals surface area contributed by atoms with E-state index in [1.165, 1.54) is 19.1 Å². The summed E-state index contributed by atoms with van der Waals surface area (Å²) in [5, 5.41) is 14.1. The number of methoxy groups -OCH3 is 1. The van der Waals surface area contributed by atoms with Crippen molar-refractivity contribution < 1.29 is 19.2 Å². The van der Waals surface area contributed by atoms with Crippen molar-refractivity contribution >= 4 is 17.5 Å². The molecule has 2 fully saturated rings. The third-order valence-corrected chi connectivity index (χ3v) is 7.41. The number of nitrogens with two attached hydrogens (primary N) is 1. The third-order valence-electron chi connectivity index (χ3n) is 7.41. The van der Waals surface area contributed by atoms with E-state index in [4.69, 9.17) is 10.5 Å². The van der Waals surface area contributed by atoms with Crippen molar-refractivity contribution in [2.24, 2.45) is 17.6 Å². The number of benzene rings is 1. The maximum absolute atomic E-state index is 13.2. The lowest BCUT2D eigenvalue weighted by molar-refractivity contribution is -0.384. The second kappa shape index (κ2) is 12.9. The predicted octanol–water partition coefficient (Wildman–Crippen LogP) is 1.91. The van der Waals surface area contributed by atoms with E-state index >= 15 is 0 Å². The van der Waals surface area contributed by atoms with Crippen LogP contribution in [0.3, 0.4) is 0 Å². The molecule has 0 aromatic heterocycles. The first kappa shape index (κ1) is 27.0. The minimum absolute atomic E-state index is 0.0173. The number of rotatable bonds is 11. The van der Waals surface area contributed by atoms with E-state index in [9.17, 15) is 19.7 Å². The van der Waals surface area contributed by atoms with Gasteiger partial charge in [-0.2, -0.15) is 0 Å². The molecule has 194 valence electrons. The molecule has 1 aromatic rings. The molecule has 10 heteroatoms. The maximum atomic E-state index is 13.2. The number of nitrogens with one attached hydrogen (secondary N) is 1. The van der Waals surface area contributed by atoms with Gasteiger partial charge in [-0.05, 0) is 49.6 Å². The number of nitro groups is 1. The minimum Gasteiger partial charge on any atom is -0.383 e. The number of ether oxygens (including phenoxy) is 1. The zero-order chi connectivity index (χ0) is 25.4. The predicted molar refractivity (Wildman–Crippen MR) is 132 cm³/mol. The van der Waals surface area contributed by atoms with Crippen LogP contribution in [0.1, 0.15) is 44.6 Å². The number of nitro benzene ring substituents is 1. The number of hydrogen-bond donors (Lipinski definition) is 2. The van der Waals surface area contributed by atoms with Crippen LogP contribution in [0.25, 0.3) is 0 Å². The van der Waals surface area contributed by atoms with Gasteiger partial charge in [0.15, 0.2) is 0 Å². The lowest BCUT2D eigenvalue weighted by atomic mass is 9.81. The molecule has 1 heterocycles. The number of amides is 2. The van der Waals surface area contributed by atoms with Crippen LogP contribution in [0.2, 0.25) is 0 Å². The number of carbonyl (C=O) groups excluding carboxylic acids is 2. The van der Waals surface area contributed by atoms with Gasteiger partial charge >= 0.3 is 0 Å². The van der Waals surface area contributed by atoms with Crippen molar-refractivity contribution in [2.75, 3.05) is 39.9 Å². The molecule has 3 rings (SSSR count). The molecule has 2 aliphatic rings. The first-order valence-electron chi connectivity index (χ1n) is 12.5. The molecule has 0 bridgehead atoms. The van der Waals surface area contributed by atoms with Crippen molar-refractivity contribution in [3.8, 4) is 0 Å². The summed E-state index contributed by atoms with van der Waals surface area (Å²) in [6, 6.07) is 5.97. The molecule has 35 heavy (non-hydrogen) atoms. The Labute approximate surface area is 207 Å². The van der Waals surface area contributed by atoms with Gasteiger partial charge in [-0.25, -0.2) is 0 Å². The normalized spacial score (nSPS) is 24.5. The SMILES string of the molecule is COCCN(Cc1ccc([N+](=O)[O-])cc1)C1CC(C(=O)NCC2CCCC(CN)C2)N(C(C)=O)C1. The second-order valence-electron chi connectivity index (χ2n) is 9.84. The van der Waals surface area contributed by atoms with Gasteiger partial charge in [0.25, 0.3) is 5.69 Å². The molecule has 1 aromatic carbocycles. The highest BCUT2D eigenvalue weighted by Crippen LogP contribution is 2.29. The Hall–Kier alpha value is -2.56. The fourth-order valence-electron chi connectivity index (χ4n) is 5.40. The monoisotopic (exact) mass is 489 g/mol. The molecule has 2 amide bonds. The number of nitrogens with zero attached hydrogens (tertiary/aromatic N) is 3. The van der Waals surface area contributed by atoms with Crippen molar-refractivity contribution in [2.45, 2.75) is 57.7 Å². The highest BCUT2D eigenvalue weighted by Gasteiger charge is 2.40. The summed E-state index contributed by atoms with van der Waals surface area (Å²) in [5.41, 5.74) is 6.83. The van der Waals surface area contributed by atoms with Crippen LogP contribution in [-0.4, -0.2) is 78.5 Å². The molecule has 4 atom stereocenters. The molecule has 0 radical (unpaired) electrons. The van der Waals surface area contributed by atoms with Gasteiger partial charge in [0, 0.05) is 58.4 Å². The van der Waals surface area contributed by atoms with Gasteiger partial charge in [-0.15, -0.1) is 0 Å². The average Bonchev–Trinajstić information content (AvgIpc) is 3.31. The topological polar surface area (TPSA) is 131 Å². The zero-order valence-electron chi connectivity index (χ0n) is 20.9. The van der Waals surface area contributed by atoms with Crippen molar-refractivity contribution in [1.29, 1.82) is 0 Å². The molecular weight excluding hydrogens is 450 g/mol. The van der Waals surface area contributed by atoms with Gasteiger partial charge < -0.3 is 20.7 Å². The van der Waals surface area contributed by atoms with Gasteiger partial charge in [0.2, 0.25) is 11.8 Å². The van der Waals surface area contributed by atoms with Gasteiger partial charge in [0.05, 0.1) is 11.5 Å². The quantitative estimate of drug-likeness (QED) is 0.359. The molecule has 0 spiro atoms. The van der Waals surface area contributed by atoms with Crippen LogP contribution in [0.4, 0.5) is 5.69 Å². The summed E-state index contributed by atoms with van der Waals surface area (Å²) in [6.45, 7) is 4.96. The van der Waals surface area contributed by atoms with E-state index in [2.05, 4.69) is 10.2 Å². The van der Waals surface area contributed by atoms with Crippen molar-refractivity contribution in [3.63, 3.8) is 0 Å². The molecule has 1 aliphatic heterocycles. The van der Waals surface area contributed by atoms with E-state index in [-0.39, 0.29) is 23.5 Å². The Morgan fingerprint density at radius 3 is 2.57 bits per heavy atom. The van der Waals surface area contributed by atoms with Crippen molar-refractivity contribution in [1.82, 2.24) is 15.1 Å². The van der Waals surface area contributed by atoms with E-state index in [0.29, 0.717) is 57.6 Å². The Kier molecular flexibility index (Phi) is 10.00. The molecule has 10 nitrogen and oxygen atoms in total. The molecule has 1 saturated heterocycles. The average molecular weight is 490 g/mol. The Balaban J connectivity index is 1.65. The molecule has 3 N–H and O–H groups in total. The van der Waals surface area contributed by atoms with Crippen LogP contribution >= 0.6 is 0 Å². The number of carbonyl (C=O) groups is 2. The first-order chi connectivity index (χ1) is 16.8. The summed E-state index contributed by atoms with van der Waals surface area (Å²) in [4.78, 5) is 40.0. The maximum Gasteiger partial charge on any atom is 0.269 e. The largest absolute Gasteiger partial charge is 0.383 e. The van der Waals surface area contributed by atoms with E-state index in [1.54, 1.807) is 24.1 Å². The Morgan fingerprint density at radius 2 is 1.94 bits per heavy atom. The molecular formula is C25H39N5O5. The van der Waals surface area contributed by atoms with Gasteiger partial charge in [-0.3, -0.25) is 24.6 Å². The fourth-order valence-corrected chi connectivity index (χ4v) is 5.40. The molecule has 1 aliphatic carbocycles. The Bertz CT molecular complexity index is 864. The number of hydrogen-bond acceptors (Lipinski definition) is 7. The second-order valence-corrected chi connectivity index (χ2v) is 9.84. The summed E-state index contributed by atoms with van der Waals surface area (Å²) in [7, 11) is 1.64. The lowest BCUT2D eigenvalue weighted by Crippen LogP contribution is -2.46. The van der Waals surface area contributed by atoms with Gasteiger partial charge in [0.1, 0.15) is 6.04 Å². The lowest BCUT2D eigenvalue weighted by Gasteiger charge is -2.29. The van der Waals surface area contributed by atoms with Crippen LogP contribution < -0.4 is 11.1 Å². The van der Waals surface area contributed by atoms with E-state index < -0.39 is 11.0 Å². The highest BCUT2D eigenvalue weighted by molar-refractivity contribution is 5.87. The zero-order valence-corrected chi connectivity index (χ0v) is 20.9. The summed E-state index contributed by atoms with van der Waals surface area (Å²) >= 11 is 0. The minimum atomic E-state index is -0.506. The molecule has 4 unspecified atom stereocenters. The van der Waals surface area contributed by atoms with Crippen molar-refractivity contribution in [3.05, 3.63) is 39.9 Å². The van der Waals surface area contributed by atoms with Crippen LogP contribution in [-0.2, 0) is 20.9 Å². The fraction of sp³-hybridized carbons (Fsp3) is 0.680. The van der Waals surface area contributed by atoms with Crippen LogP contribution in [0.5, 0.6) is 0 Å². The smallest absolute Gasteiger partial charge is 0.269 e. The highest BCUT2D eigenvalue weighted by atomic mass is 16.6. The van der Waals surface area contributed by atoms with E-state index in [1.807, 2.05) is 0 Å². The van der Waals surface area contributed by atoms with Gasteiger partial charge in [-0.1, -0.05) is 18.6 Å². The summed E-state index contributed by atoms with van der Waals surface area (Å²) < 4.78 is 5.29. The summed E-state index contributed by atoms with van der Waals surface area (Å²) in [5.74, 6) is 0.753. The number of non-ortho nitro benzene ring substituents is 1. The summed E-state index contributed by atoms with van der Waals surface area (Å²) in [6.07, 6.45) is 4.99. The molecule has 1 saturated carbocycles. The van der Waals surface area contributed by atoms with E-state index in [0.717, 1.165) is 31.2 Å². The van der Waals surface area contributed by atoms with Crippen LogP contribution in [0.15, 0.2) is 24.3 Å². The Morgan fingerprint density at radius 1 is 1.23 bits per heavy atom. The third kappa shape index (κ3) is 7.46. The first-order valence-corrected chi connectivity index (χ1v) is 12.5. The standard InChI is InChI=1S/C25H39N5O5/c1-18(31)29-17-23(13-24(29)25(32)27-15-21-5-3-4-20(12-21)14-26)28(10-11-35-2)16-19-6-8-22(9-7-19)30(33)34/h6-9,20-21,23-24H,3-5,10-17,26H2,1-2H3,(H,27,32). The van der Waals surface area contributed by atoms with Crippen LogP contribution in [0, 0.1) is 22.0 Å². The number of likely N-dealkylation sites (tertiary alicyclic amines) is 1.